The molecule has 0 radical (unpaired) electrons. The smallest absolute Gasteiger partial charge is 0.317 e. The van der Waals surface area contributed by atoms with Crippen LogP contribution < -0.4 is 0 Å². The Balaban J connectivity index is 2.77. The van der Waals surface area contributed by atoms with Gasteiger partial charge in [0, 0.05) is 6.04 Å². The number of nitrogens with zero attached hydrogens (tertiary/aromatic N) is 1. The minimum atomic E-state index is -0.761. The van der Waals surface area contributed by atoms with E-state index in [1.54, 1.807) is 0 Å². The molecule has 0 saturated heterocycles. The fourth-order valence-electron chi connectivity index (χ4n) is 2.33. The molecular weight excluding hydrogens is 238 g/mol. The van der Waals surface area contributed by atoms with Gasteiger partial charge in [-0.3, -0.25) is 9.69 Å². The predicted molar refractivity (Wildman–Crippen MR) is 78.4 cm³/mol. The van der Waals surface area contributed by atoms with Crippen LogP contribution in [0.25, 0.3) is 0 Å². The molecule has 3 nitrogen and oxygen atoms in total. The monoisotopic (exact) mass is 263 g/mol. The molecule has 0 aliphatic rings. The third-order valence-electron chi connectivity index (χ3n) is 3.40. The molecule has 0 aliphatic carbocycles. The van der Waals surface area contributed by atoms with Gasteiger partial charge >= 0.3 is 5.97 Å². The third-order valence-corrected chi connectivity index (χ3v) is 3.40. The van der Waals surface area contributed by atoms with Crippen molar-refractivity contribution in [1.29, 1.82) is 0 Å². The Bertz CT molecular complexity index is 386. The fraction of sp³-hybridized carbons (Fsp3) is 0.562. The number of aryl methyl sites for hydroxylation is 1. The molecule has 1 rings (SSSR count). The minimum Gasteiger partial charge on any atom is -0.480 e. The van der Waals surface area contributed by atoms with Gasteiger partial charge in [-0.15, -0.1) is 0 Å². The molecule has 1 aromatic rings. The Morgan fingerprint density at radius 3 is 2.32 bits per heavy atom. The lowest BCUT2D eigenvalue weighted by Gasteiger charge is -2.27. The van der Waals surface area contributed by atoms with Gasteiger partial charge in [-0.2, -0.15) is 0 Å². The first-order chi connectivity index (χ1) is 9.08. The molecule has 0 bridgehead atoms. The van der Waals surface area contributed by atoms with E-state index in [0.717, 1.165) is 25.8 Å². The van der Waals surface area contributed by atoms with Crippen molar-refractivity contribution >= 4 is 5.97 Å². The van der Waals surface area contributed by atoms with Gasteiger partial charge in [0.15, 0.2) is 0 Å². The zero-order valence-corrected chi connectivity index (χ0v) is 12.2. The van der Waals surface area contributed by atoms with Crippen LogP contribution in [0.3, 0.4) is 0 Å². The number of carboxylic acid groups (broad SMARTS) is 1. The van der Waals surface area contributed by atoms with Crippen molar-refractivity contribution < 1.29 is 9.90 Å². The zero-order chi connectivity index (χ0) is 14.3. The number of benzene rings is 1. The summed E-state index contributed by atoms with van der Waals surface area (Å²) in [5.74, 6) is -0.761. The number of hydrogen-bond acceptors (Lipinski definition) is 2. The van der Waals surface area contributed by atoms with Gasteiger partial charge in [-0.05, 0) is 37.4 Å². The van der Waals surface area contributed by atoms with E-state index in [0.29, 0.717) is 0 Å². The third kappa shape index (κ3) is 5.03. The maximum atomic E-state index is 10.9. The predicted octanol–water partition coefficient (Wildman–Crippen LogP) is 3.50. The summed E-state index contributed by atoms with van der Waals surface area (Å²) in [6.07, 6.45) is 3.21. The van der Waals surface area contributed by atoms with E-state index in [1.807, 2.05) is 4.90 Å². The summed E-state index contributed by atoms with van der Waals surface area (Å²) < 4.78 is 0. The highest BCUT2D eigenvalue weighted by Crippen LogP contribution is 2.21. The molecule has 19 heavy (non-hydrogen) atoms. The molecule has 0 heterocycles. The highest BCUT2D eigenvalue weighted by atomic mass is 16.4. The molecule has 0 aliphatic heterocycles. The SMILES string of the molecule is CCCc1ccc(C(C)N(CCC)CC(=O)O)cc1. The van der Waals surface area contributed by atoms with E-state index >= 15 is 0 Å². The number of hydrogen-bond donors (Lipinski definition) is 1. The number of carbonyl (C=O) groups is 1. The van der Waals surface area contributed by atoms with Crippen LogP contribution in [-0.4, -0.2) is 29.1 Å². The van der Waals surface area contributed by atoms with Gasteiger partial charge < -0.3 is 5.11 Å². The first kappa shape index (κ1) is 15.7. The summed E-state index contributed by atoms with van der Waals surface area (Å²) in [6, 6.07) is 8.70. The summed E-state index contributed by atoms with van der Waals surface area (Å²) in [4.78, 5) is 12.9. The van der Waals surface area contributed by atoms with Gasteiger partial charge in [0.2, 0.25) is 0 Å². The molecule has 0 amide bonds. The molecule has 1 atom stereocenters. The fourth-order valence-corrected chi connectivity index (χ4v) is 2.33. The van der Waals surface area contributed by atoms with E-state index in [1.165, 1.54) is 11.1 Å². The van der Waals surface area contributed by atoms with Gasteiger partial charge in [0.05, 0.1) is 6.54 Å². The second-order valence-corrected chi connectivity index (χ2v) is 5.03. The van der Waals surface area contributed by atoms with Crippen molar-refractivity contribution in [1.82, 2.24) is 4.90 Å². The Kier molecular flexibility index (Phi) is 6.57. The Hall–Kier alpha value is -1.35. The van der Waals surface area contributed by atoms with Crippen LogP contribution in [0.5, 0.6) is 0 Å². The van der Waals surface area contributed by atoms with Crippen LogP contribution >= 0.6 is 0 Å². The lowest BCUT2D eigenvalue weighted by Crippen LogP contribution is -2.33. The zero-order valence-electron chi connectivity index (χ0n) is 12.2. The molecule has 106 valence electrons. The van der Waals surface area contributed by atoms with Crippen molar-refractivity contribution in [2.24, 2.45) is 0 Å². The Labute approximate surface area is 116 Å². The van der Waals surface area contributed by atoms with Crippen LogP contribution in [-0.2, 0) is 11.2 Å². The summed E-state index contributed by atoms with van der Waals surface area (Å²) >= 11 is 0. The summed E-state index contributed by atoms with van der Waals surface area (Å²) in [7, 11) is 0. The van der Waals surface area contributed by atoms with Crippen LogP contribution in [0, 0.1) is 0 Å². The second-order valence-electron chi connectivity index (χ2n) is 5.03. The Morgan fingerprint density at radius 2 is 1.84 bits per heavy atom. The standard InChI is InChI=1S/C16H25NO2/c1-4-6-14-7-9-15(10-8-14)13(3)17(11-5-2)12-16(18)19/h7-10,13H,4-6,11-12H2,1-3H3,(H,18,19). The number of aliphatic carboxylic acids is 1. The van der Waals surface area contributed by atoms with Gasteiger partial charge in [-0.25, -0.2) is 0 Å². The van der Waals surface area contributed by atoms with E-state index < -0.39 is 5.97 Å². The Morgan fingerprint density at radius 1 is 1.21 bits per heavy atom. The van der Waals surface area contributed by atoms with Gasteiger partial charge in [0.25, 0.3) is 0 Å². The van der Waals surface area contributed by atoms with Crippen molar-refractivity contribution in [3.8, 4) is 0 Å². The molecule has 0 spiro atoms. The largest absolute Gasteiger partial charge is 0.480 e. The number of carboxylic acids is 1. The van der Waals surface area contributed by atoms with Crippen molar-refractivity contribution in [2.45, 2.75) is 46.1 Å². The minimum absolute atomic E-state index is 0.103. The van der Waals surface area contributed by atoms with Crippen molar-refractivity contribution in [3.63, 3.8) is 0 Å². The molecule has 3 heteroatoms. The van der Waals surface area contributed by atoms with Crippen LogP contribution in [0.4, 0.5) is 0 Å². The van der Waals surface area contributed by atoms with E-state index in [4.69, 9.17) is 5.11 Å². The molecule has 1 aromatic carbocycles. The van der Waals surface area contributed by atoms with Crippen LogP contribution in [0.15, 0.2) is 24.3 Å². The molecule has 1 unspecified atom stereocenters. The van der Waals surface area contributed by atoms with Crippen molar-refractivity contribution in [3.05, 3.63) is 35.4 Å². The first-order valence-electron chi connectivity index (χ1n) is 7.13. The maximum Gasteiger partial charge on any atom is 0.317 e. The number of rotatable bonds is 8. The molecular formula is C16H25NO2. The topological polar surface area (TPSA) is 40.5 Å². The molecule has 0 aromatic heterocycles. The lowest BCUT2D eigenvalue weighted by molar-refractivity contribution is -0.138. The molecule has 0 saturated carbocycles. The highest BCUT2D eigenvalue weighted by molar-refractivity contribution is 5.69. The summed E-state index contributed by atoms with van der Waals surface area (Å²) in [5.41, 5.74) is 2.54. The summed E-state index contributed by atoms with van der Waals surface area (Å²) in [5, 5.41) is 8.98. The van der Waals surface area contributed by atoms with Crippen molar-refractivity contribution in [2.75, 3.05) is 13.1 Å². The summed E-state index contributed by atoms with van der Waals surface area (Å²) in [6.45, 7) is 7.24. The van der Waals surface area contributed by atoms with E-state index in [9.17, 15) is 4.79 Å². The van der Waals surface area contributed by atoms with Gasteiger partial charge in [0.1, 0.15) is 0 Å². The normalized spacial score (nSPS) is 12.6. The average Bonchev–Trinajstić information content (AvgIpc) is 2.38. The van der Waals surface area contributed by atoms with Crippen LogP contribution in [0.2, 0.25) is 0 Å². The quantitative estimate of drug-likeness (QED) is 0.780. The van der Waals surface area contributed by atoms with Crippen LogP contribution in [0.1, 0.15) is 50.8 Å². The lowest BCUT2D eigenvalue weighted by atomic mass is 10.0. The van der Waals surface area contributed by atoms with E-state index in [2.05, 4.69) is 45.0 Å². The first-order valence-corrected chi connectivity index (χ1v) is 7.13. The van der Waals surface area contributed by atoms with Gasteiger partial charge in [-0.1, -0.05) is 44.5 Å². The highest BCUT2D eigenvalue weighted by Gasteiger charge is 2.17. The maximum absolute atomic E-state index is 10.9. The van der Waals surface area contributed by atoms with E-state index in [-0.39, 0.29) is 12.6 Å². The molecule has 1 N–H and O–H groups in total. The average molecular weight is 263 g/mol. The second kappa shape index (κ2) is 7.95. The molecule has 0 fully saturated rings.